The molecule has 0 saturated heterocycles. The number of anilines is 1. The number of para-hydroxylation sites is 2. The summed E-state index contributed by atoms with van der Waals surface area (Å²) in [6.45, 7) is 4.24. The normalized spacial score (nSPS) is 12.5. The van der Waals surface area contributed by atoms with Gasteiger partial charge < -0.3 is 9.73 Å². The fourth-order valence-electron chi connectivity index (χ4n) is 2.46. The number of furan rings is 1. The van der Waals surface area contributed by atoms with Gasteiger partial charge in [0.1, 0.15) is 11.3 Å². The average molecular weight is 251 g/mol. The van der Waals surface area contributed by atoms with E-state index in [0.29, 0.717) is 0 Å². The van der Waals surface area contributed by atoms with Gasteiger partial charge in [0.05, 0.1) is 6.04 Å². The highest BCUT2D eigenvalue weighted by Gasteiger charge is 2.15. The highest BCUT2D eigenvalue weighted by Crippen LogP contribution is 2.30. The molecule has 0 aliphatic heterocycles. The zero-order valence-electron chi connectivity index (χ0n) is 11.2. The third-order valence-electron chi connectivity index (χ3n) is 3.43. The molecule has 0 saturated carbocycles. The third kappa shape index (κ3) is 2.22. The third-order valence-corrected chi connectivity index (χ3v) is 3.43. The largest absolute Gasteiger partial charge is 0.459 e. The van der Waals surface area contributed by atoms with Crippen molar-refractivity contribution in [3.8, 4) is 0 Å². The number of hydrogen-bond acceptors (Lipinski definition) is 2. The Morgan fingerprint density at radius 1 is 0.947 bits per heavy atom. The Balaban J connectivity index is 1.93. The van der Waals surface area contributed by atoms with E-state index in [0.717, 1.165) is 17.0 Å². The summed E-state index contributed by atoms with van der Waals surface area (Å²) < 4.78 is 5.97. The molecule has 19 heavy (non-hydrogen) atoms. The smallest absolute Gasteiger partial charge is 0.134 e. The van der Waals surface area contributed by atoms with Gasteiger partial charge in [0.25, 0.3) is 0 Å². The highest BCUT2D eigenvalue weighted by molar-refractivity contribution is 5.82. The van der Waals surface area contributed by atoms with Gasteiger partial charge in [-0.05, 0) is 32.0 Å². The predicted octanol–water partition coefficient (Wildman–Crippen LogP) is 4.91. The Hall–Kier alpha value is -2.22. The van der Waals surface area contributed by atoms with Crippen molar-refractivity contribution in [3.63, 3.8) is 0 Å². The van der Waals surface area contributed by atoms with E-state index < -0.39 is 0 Å². The van der Waals surface area contributed by atoms with Crippen LogP contribution in [0.4, 0.5) is 5.69 Å². The second-order valence-electron chi connectivity index (χ2n) is 4.82. The molecule has 0 amide bonds. The van der Waals surface area contributed by atoms with E-state index in [9.17, 15) is 0 Å². The van der Waals surface area contributed by atoms with E-state index in [1.54, 1.807) is 0 Å². The van der Waals surface area contributed by atoms with Crippen LogP contribution < -0.4 is 5.32 Å². The number of aryl methyl sites for hydroxylation is 1. The van der Waals surface area contributed by atoms with Gasteiger partial charge >= 0.3 is 0 Å². The lowest BCUT2D eigenvalue weighted by Gasteiger charge is -2.13. The fourth-order valence-corrected chi connectivity index (χ4v) is 2.46. The molecule has 2 nitrogen and oxygen atoms in total. The monoisotopic (exact) mass is 251 g/mol. The predicted molar refractivity (Wildman–Crippen MR) is 79.4 cm³/mol. The topological polar surface area (TPSA) is 25.2 Å². The van der Waals surface area contributed by atoms with E-state index in [1.807, 2.05) is 36.4 Å². The maximum atomic E-state index is 5.97. The first-order chi connectivity index (χ1) is 9.25. The van der Waals surface area contributed by atoms with E-state index >= 15 is 0 Å². The molecule has 0 radical (unpaired) electrons. The van der Waals surface area contributed by atoms with Crippen molar-refractivity contribution in [1.29, 1.82) is 0 Å². The number of benzene rings is 2. The van der Waals surface area contributed by atoms with Gasteiger partial charge in [0.15, 0.2) is 0 Å². The van der Waals surface area contributed by atoms with Gasteiger partial charge in [-0.1, -0.05) is 36.4 Å². The molecule has 2 aromatic carbocycles. The lowest BCUT2D eigenvalue weighted by molar-refractivity contribution is 0.522. The molecule has 1 atom stereocenters. The van der Waals surface area contributed by atoms with Crippen molar-refractivity contribution in [2.24, 2.45) is 0 Å². The number of rotatable bonds is 3. The van der Waals surface area contributed by atoms with Gasteiger partial charge in [0, 0.05) is 16.6 Å². The van der Waals surface area contributed by atoms with Gasteiger partial charge in [0.2, 0.25) is 0 Å². The molecule has 1 unspecified atom stereocenters. The Kier molecular flexibility index (Phi) is 3.00. The van der Waals surface area contributed by atoms with Crippen LogP contribution in [0.25, 0.3) is 11.0 Å². The van der Waals surface area contributed by atoms with Crippen molar-refractivity contribution in [2.75, 3.05) is 5.32 Å². The minimum absolute atomic E-state index is 0.148. The van der Waals surface area contributed by atoms with Crippen molar-refractivity contribution < 1.29 is 4.42 Å². The maximum Gasteiger partial charge on any atom is 0.134 e. The highest BCUT2D eigenvalue weighted by atomic mass is 16.3. The fraction of sp³-hybridized carbons (Fsp3) is 0.176. The minimum Gasteiger partial charge on any atom is -0.459 e. The Bertz CT molecular complexity index is 685. The van der Waals surface area contributed by atoms with Crippen LogP contribution in [0, 0.1) is 6.92 Å². The molecule has 0 spiro atoms. The SMILES string of the molecule is Cc1c(C(C)Nc2ccccc2)oc2ccccc12. The van der Waals surface area contributed by atoms with Crippen LogP contribution in [0.15, 0.2) is 59.0 Å². The van der Waals surface area contributed by atoms with Crippen LogP contribution in [0.5, 0.6) is 0 Å². The quantitative estimate of drug-likeness (QED) is 0.715. The maximum absolute atomic E-state index is 5.97. The molecular weight excluding hydrogens is 234 g/mol. The summed E-state index contributed by atoms with van der Waals surface area (Å²) in [5.41, 5.74) is 3.28. The van der Waals surface area contributed by atoms with E-state index in [-0.39, 0.29) is 6.04 Å². The van der Waals surface area contributed by atoms with Gasteiger partial charge in [-0.2, -0.15) is 0 Å². The Labute approximate surface area is 113 Å². The summed E-state index contributed by atoms with van der Waals surface area (Å²) in [5.74, 6) is 1.00. The Morgan fingerprint density at radius 3 is 2.37 bits per heavy atom. The molecule has 1 aromatic heterocycles. The molecule has 1 N–H and O–H groups in total. The molecular formula is C17H17NO. The summed E-state index contributed by atoms with van der Waals surface area (Å²) in [5, 5.41) is 4.66. The van der Waals surface area contributed by atoms with Crippen LogP contribution in [-0.2, 0) is 0 Å². The lowest BCUT2D eigenvalue weighted by Crippen LogP contribution is -2.06. The second kappa shape index (κ2) is 4.81. The van der Waals surface area contributed by atoms with E-state index in [1.165, 1.54) is 10.9 Å². The molecule has 0 aliphatic rings. The summed E-state index contributed by atoms with van der Waals surface area (Å²) in [6.07, 6.45) is 0. The summed E-state index contributed by atoms with van der Waals surface area (Å²) in [4.78, 5) is 0. The second-order valence-corrected chi connectivity index (χ2v) is 4.82. The van der Waals surface area contributed by atoms with Crippen LogP contribution in [-0.4, -0.2) is 0 Å². The molecule has 96 valence electrons. The zero-order valence-corrected chi connectivity index (χ0v) is 11.2. The van der Waals surface area contributed by atoms with Gasteiger partial charge in [-0.3, -0.25) is 0 Å². The summed E-state index contributed by atoms with van der Waals surface area (Å²) >= 11 is 0. The Morgan fingerprint density at radius 2 is 1.63 bits per heavy atom. The average Bonchev–Trinajstić information content (AvgIpc) is 2.78. The molecule has 3 aromatic rings. The zero-order chi connectivity index (χ0) is 13.2. The van der Waals surface area contributed by atoms with Crippen LogP contribution in [0.1, 0.15) is 24.3 Å². The van der Waals surface area contributed by atoms with Crippen LogP contribution in [0.2, 0.25) is 0 Å². The first-order valence-electron chi connectivity index (χ1n) is 6.55. The molecule has 0 bridgehead atoms. The lowest BCUT2D eigenvalue weighted by atomic mass is 10.1. The minimum atomic E-state index is 0.148. The first kappa shape index (κ1) is 11.8. The summed E-state index contributed by atoms with van der Waals surface area (Å²) in [6, 6.07) is 18.5. The van der Waals surface area contributed by atoms with Gasteiger partial charge in [-0.25, -0.2) is 0 Å². The molecule has 2 heteroatoms. The summed E-state index contributed by atoms with van der Waals surface area (Å²) in [7, 11) is 0. The number of hydrogen-bond donors (Lipinski definition) is 1. The molecule has 0 fully saturated rings. The van der Waals surface area contributed by atoms with Crippen molar-refractivity contribution in [2.45, 2.75) is 19.9 Å². The number of fused-ring (bicyclic) bond motifs is 1. The standard InChI is InChI=1S/C17H17NO/c1-12-15-10-6-7-11-16(15)19-17(12)13(2)18-14-8-4-3-5-9-14/h3-11,13,18H,1-2H3. The van der Waals surface area contributed by atoms with Crippen LogP contribution in [0.3, 0.4) is 0 Å². The van der Waals surface area contributed by atoms with Gasteiger partial charge in [-0.15, -0.1) is 0 Å². The van der Waals surface area contributed by atoms with E-state index in [4.69, 9.17) is 4.42 Å². The van der Waals surface area contributed by atoms with Crippen LogP contribution >= 0.6 is 0 Å². The molecule has 3 rings (SSSR count). The molecule has 0 aliphatic carbocycles. The van der Waals surface area contributed by atoms with Crippen molar-refractivity contribution in [1.82, 2.24) is 0 Å². The number of nitrogens with one attached hydrogen (secondary N) is 1. The van der Waals surface area contributed by atoms with Crippen molar-refractivity contribution in [3.05, 3.63) is 65.9 Å². The van der Waals surface area contributed by atoms with Crippen molar-refractivity contribution >= 4 is 16.7 Å². The van der Waals surface area contributed by atoms with E-state index in [2.05, 4.69) is 37.4 Å². The first-order valence-corrected chi connectivity index (χ1v) is 6.55. The molecule has 1 heterocycles.